The highest BCUT2D eigenvalue weighted by Gasteiger charge is 2.57. The summed E-state index contributed by atoms with van der Waals surface area (Å²) < 4.78 is 0. The van der Waals surface area contributed by atoms with Crippen molar-refractivity contribution >= 4 is 0 Å². The molecule has 0 unspecified atom stereocenters. The van der Waals surface area contributed by atoms with Gasteiger partial charge in [-0.1, -0.05) is 37.6 Å². The molecular weight excluding hydrogens is 182 g/mol. The van der Waals surface area contributed by atoms with Gasteiger partial charge in [0.25, 0.3) is 0 Å². The average Bonchev–Trinajstić information content (AvgIpc) is 2.72. The van der Waals surface area contributed by atoms with Gasteiger partial charge in [0.2, 0.25) is 0 Å². The SMILES string of the molecule is Cc1ccc(C)c([C@@H]2[C@@H](CN)C2(C)C)c1. The molecule has 82 valence electrons. The third-order valence-corrected chi connectivity index (χ3v) is 4.07. The Bertz CT molecular complexity index is 379. The molecule has 0 amide bonds. The molecular formula is C14H21N. The number of rotatable bonds is 2. The first-order chi connectivity index (χ1) is 6.98. The Morgan fingerprint density at radius 1 is 1.27 bits per heavy atom. The van der Waals surface area contributed by atoms with Gasteiger partial charge in [0.1, 0.15) is 0 Å². The van der Waals surface area contributed by atoms with Crippen LogP contribution in [-0.2, 0) is 0 Å². The molecule has 1 heteroatoms. The number of benzene rings is 1. The monoisotopic (exact) mass is 203 g/mol. The van der Waals surface area contributed by atoms with Crippen LogP contribution < -0.4 is 5.73 Å². The Morgan fingerprint density at radius 3 is 2.47 bits per heavy atom. The van der Waals surface area contributed by atoms with Crippen molar-refractivity contribution in [3.63, 3.8) is 0 Å². The average molecular weight is 203 g/mol. The fraction of sp³-hybridized carbons (Fsp3) is 0.571. The lowest BCUT2D eigenvalue weighted by atomic mass is 9.97. The van der Waals surface area contributed by atoms with E-state index in [1.807, 2.05) is 0 Å². The quantitative estimate of drug-likeness (QED) is 0.785. The van der Waals surface area contributed by atoms with Crippen molar-refractivity contribution in [3.05, 3.63) is 34.9 Å². The van der Waals surface area contributed by atoms with Crippen molar-refractivity contribution in [3.8, 4) is 0 Å². The molecule has 15 heavy (non-hydrogen) atoms. The maximum atomic E-state index is 5.83. The Kier molecular flexibility index (Phi) is 2.38. The van der Waals surface area contributed by atoms with E-state index in [9.17, 15) is 0 Å². The molecule has 1 aromatic rings. The van der Waals surface area contributed by atoms with Crippen LogP contribution in [0.4, 0.5) is 0 Å². The van der Waals surface area contributed by atoms with Gasteiger partial charge in [-0.3, -0.25) is 0 Å². The van der Waals surface area contributed by atoms with E-state index in [0.717, 1.165) is 6.54 Å². The molecule has 0 aliphatic heterocycles. The van der Waals surface area contributed by atoms with Crippen LogP contribution in [0.3, 0.4) is 0 Å². The van der Waals surface area contributed by atoms with E-state index >= 15 is 0 Å². The second kappa shape index (κ2) is 3.34. The van der Waals surface area contributed by atoms with Gasteiger partial charge in [-0.15, -0.1) is 0 Å². The molecule has 1 nitrogen and oxygen atoms in total. The van der Waals surface area contributed by atoms with Crippen LogP contribution in [-0.4, -0.2) is 6.54 Å². The summed E-state index contributed by atoms with van der Waals surface area (Å²) >= 11 is 0. The molecule has 1 saturated carbocycles. The summed E-state index contributed by atoms with van der Waals surface area (Å²) in [7, 11) is 0. The van der Waals surface area contributed by atoms with Crippen LogP contribution in [0.5, 0.6) is 0 Å². The lowest BCUT2D eigenvalue weighted by Gasteiger charge is -2.08. The predicted molar refractivity (Wildman–Crippen MR) is 65.0 cm³/mol. The van der Waals surface area contributed by atoms with Crippen molar-refractivity contribution in [2.45, 2.75) is 33.6 Å². The number of aryl methyl sites for hydroxylation is 2. The first-order valence-electron chi connectivity index (χ1n) is 5.75. The Hall–Kier alpha value is -0.820. The van der Waals surface area contributed by atoms with E-state index in [2.05, 4.69) is 45.9 Å². The standard InChI is InChI=1S/C14H21N/c1-9-5-6-10(2)11(7-9)13-12(8-15)14(13,3)4/h5-7,12-13H,8,15H2,1-4H3/t12-,13-/m1/s1. The summed E-state index contributed by atoms with van der Waals surface area (Å²) in [6, 6.07) is 6.75. The third-order valence-electron chi connectivity index (χ3n) is 4.07. The Labute approximate surface area is 92.7 Å². The van der Waals surface area contributed by atoms with E-state index in [1.165, 1.54) is 16.7 Å². The van der Waals surface area contributed by atoms with Gasteiger partial charge >= 0.3 is 0 Å². The molecule has 1 aliphatic rings. The molecule has 1 fully saturated rings. The van der Waals surface area contributed by atoms with Crippen molar-refractivity contribution in [1.82, 2.24) is 0 Å². The maximum Gasteiger partial charge on any atom is -0.00375 e. The van der Waals surface area contributed by atoms with Crippen LogP contribution >= 0.6 is 0 Å². The number of hydrogen-bond donors (Lipinski definition) is 1. The topological polar surface area (TPSA) is 26.0 Å². The van der Waals surface area contributed by atoms with Gasteiger partial charge in [-0.2, -0.15) is 0 Å². The predicted octanol–water partition coefficient (Wildman–Crippen LogP) is 3.00. The third kappa shape index (κ3) is 1.59. The number of nitrogens with two attached hydrogens (primary N) is 1. The lowest BCUT2D eigenvalue weighted by molar-refractivity contribution is 0.558. The molecule has 1 aliphatic carbocycles. The summed E-state index contributed by atoms with van der Waals surface area (Å²) in [4.78, 5) is 0. The summed E-state index contributed by atoms with van der Waals surface area (Å²) in [5.74, 6) is 1.33. The number of hydrogen-bond acceptors (Lipinski definition) is 1. The summed E-state index contributed by atoms with van der Waals surface area (Å²) in [6.45, 7) is 9.84. The van der Waals surface area contributed by atoms with Gasteiger partial charge in [0.15, 0.2) is 0 Å². The Balaban J connectivity index is 2.36. The van der Waals surface area contributed by atoms with E-state index in [0.29, 0.717) is 17.3 Å². The van der Waals surface area contributed by atoms with Crippen LogP contribution in [0.2, 0.25) is 0 Å². The van der Waals surface area contributed by atoms with Crippen LogP contribution in [0.15, 0.2) is 18.2 Å². The van der Waals surface area contributed by atoms with Crippen LogP contribution in [0.1, 0.15) is 36.5 Å². The molecule has 2 N–H and O–H groups in total. The fourth-order valence-electron chi connectivity index (χ4n) is 2.90. The van der Waals surface area contributed by atoms with Crippen LogP contribution in [0, 0.1) is 25.2 Å². The van der Waals surface area contributed by atoms with Crippen LogP contribution in [0.25, 0.3) is 0 Å². The minimum absolute atomic E-state index is 0.396. The molecule has 0 bridgehead atoms. The van der Waals surface area contributed by atoms with Crippen molar-refractivity contribution < 1.29 is 0 Å². The zero-order chi connectivity index (χ0) is 11.2. The first kappa shape index (κ1) is 10.7. The molecule has 0 radical (unpaired) electrons. The highest BCUT2D eigenvalue weighted by atomic mass is 14.7. The van der Waals surface area contributed by atoms with E-state index in [1.54, 1.807) is 0 Å². The molecule has 2 atom stereocenters. The van der Waals surface area contributed by atoms with Gasteiger partial charge < -0.3 is 5.73 Å². The minimum atomic E-state index is 0.396. The molecule has 0 heterocycles. The Morgan fingerprint density at radius 2 is 1.93 bits per heavy atom. The molecule has 0 saturated heterocycles. The fourth-order valence-corrected chi connectivity index (χ4v) is 2.90. The largest absolute Gasteiger partial charge is 0.330 e. The zero-order valence-corrected chi connectivity index (χ0v) is 10.2. The van der Waals surface area contributed by atoms with Gasteiger partial charge in [0.05, 0.1) is 0 Å². The second-order valence-electron chi connectivity index (χ2n) is 5.50. The van der Waals surface area contributed by atoms with Gasteiger partial charge in [-0.05, 0) is 48.8 Å². The molecule has 1 aromatic carbocycles. The van der Waals surface area contributed by atoms with Gasteiger partial charge in [-0.25, -0.2) is 0 Å². The van der Waals surface area contributed by atoms with Crippen molar-refractivity contribution in [2.24, 2.45) is 17.1 Å². The lowest BCUT2D eigenvalue weighted by Crippen LogP contribution is -2.05. The summed E-state index contributed by atoms with van der Waals surface area (Å²) in [5, 5.41) is 0. The minimum Gasteiger partial charge on any atom is -0.330 e. The zero-order valence-electron chi connectivity index (χ0n) is 10.2. The molecule has 2 rings (SSSR count). The molecule has 0 aromatic heterocycles. The maximum absolute atomic E-state index is 5.83. The van der Waals surface area contributed by atoms with E-state index < -0.39 is 0 Å². The van der Waals surface area contributed by atoms with Crippen molar-refractivity contribution in [1.29, 1.82) is 0 Å². The smallest absolute Gasteiger partial charge is 0.00375 e. The van der Waals surface area contributed by atoms with Crippen molar-refractivity contribution in [2.75, 3.05) is 6.54 Å². The normalized spacial score (nSPS) is 27.8. The highest BCUT2D eigenvalue weighted by Crippen LogP contribution is 2.64. The summed E-state index contributed by atoms with van der Waals surface area (Å²) in [5.41, 5.74) is 10.5. The summed E-state index contributed by atoms with van der Waals surface area (Å²) in [6.07, 6.45) is 0. The first-order valence-corrected chi connectivity index (χ1v) is 5.75. The van der Waals surface area contributed by atoms with Gasteiger partial charge in [0, 0.05) is 0 Å². The molecule has 0 spiro atoms. The highest BCUT2D eigenvalue weighted by molar-refractivity contribution is 5.40. The second-order valence-corrected chi connectivity index (χ2v) is 5.50. The van der Waals surface area contributed by atoms with E-state index in [4.69, 9.17) is 5.73 Å². The van der Waals surface area contributed by atoms with E-state index in [-0.39, 0.29) is 0 Å².